The van der Waals surface area contributed by atoms with E-state index >= 15 is 0 Å². The van der Waals surface area contributed by atoms with Crippen molar-refractivity contribution in [1.29, 1.82) is 0 Å². The molecular weight excluding hydrogens is 400 g/mol. The van der Waals surface area contributed by atoms with Gasteiger partial charge in [0.15, 0.2) is 0 Å². The molecule has 5 nitrogen and oxygen atoms in total. The number of amides is 2. The number of hydrogen-bond acceptors (Lipinski definition) is 3. The van der Waals surface area contributed by atoms with Gasteiger partial charge in [-0.1, -0.05) is 57.8 Å². The van der Waals surface area contributed by atoms with E-state index in [2.05, 4.69) is 5.32 Å². The molecule has 0 bridgehead atoms. The third kappa shape index (κ3) is 4.21. The van der Waals surface area contributed by atoms with Gasteiger partial charge in [-0.05, 0) is 56.4 Å². The van der Waals surface area contributed by atoms with E-state index in [9.17, 15) is 9.59 Å². The Morgan fingerprint density at radius 1 is 0.875 bits per heavy atom. The third-order valence-corrected chi connectivity index (χ3v) is 9.30. The highest BCUT2D eigenvalue weighted by Crippen LogP contribution is 2.54. The number of nitrogens with one attached hydrogen (secondary N) is 1. The third-order valence-electron chi connectivity index (χ3n) is 9.30. The van der Waals surface area contributed by atoms with Crippen LogP contribution in [-0.2, 0) is 9.53 Å². The van der Waals surface area contributed by atoms with Gasteiger partial charge in [0.1, 0.15) is 5.60 Å². The number of cyclic esters (lactones) is 1. The predicted octanol–water partition coefficient (Wildman–Crippen LogP) is 5.73. The van der Waals surface area contributed by atoms with Crippen LogP contribution >= 0.6 is 0 Å². The maximum Gasteiger partial charge on any atom is 0.336 e. The SMILES string of the molecule is O=C1OC(C2CCCCC2)(C2CCCCC2)C2=C1CN(C(=O)NCC1CCCCC1)CC2. The van der Waals surface area contributed by atoms with Crippen LogP contribution in [0.4, 0.5) is 4.79 Å². The molecule has 1 N–H and O–H groups in total. The van der Waals surface area contributed by atoms with E-state index in [0.29, 0.717) is 30.8 Å². The lowest BCUT2D eigenvalue weighted by atomic mass is 9.62. The predicted molar refractivity (Wildman–Crippen MR) is 125 cm³/mol. The summed E-state index contributed by atoms with van der Waals surface area (Å²) in [5.74, 6) is 1.44. The first-order valence-corrected chi connectivity index (χ1v) is 13.7. The highest BCUT2D eigenvalue weighted by molar-refractivity contribution is 5.95. The molecule has 2 amide bonds. The smallest absolute Gasteiger partial charge is 0.336 e. The standard InChI is InChI=1S/C27H42N2O3/c30-25-23-19-29(26(31)28-18-20-10-4-1-5-11-20)17-16-24(23)27(32-25,21-12-6-2-7-13-21)22-14-8-3-9-15-22/h20-22H,1-19H2,(H,28,31). The lowest BCUT2D eigenvalue weighted by Gasteiger charge is -2.47. The van der Waals surface area contributed by atoms with Crippen molar-refractivity contribution in [2.24, 2.45) is 17.8 Å². The summed E-state index contributed by atoms with van der Waals surface area (Å²) in [6.45, 7) is 1.93. The van der Waals surface area contributed by atoms with Crippen molar-refractivity contribution in [2.75, 3.05) is 19.6 Å². The van der Waals surface area contributed by atoms with Crippen LogP contribution < -0.4 is 5.32 Å². The average Bonchev–Trinajstić information content (AvgIpc) is 3.17. The molecule has 2 aliphatic heterocycles. The summed E-state index contributed by atoms with van der Waals surface area (Å²) in [5.41, 5.74) is 1.75. The zero-order valence-corrected chi connectivity index (χ0v) is 19.8. The van der Waals surface area contributed by atoms with Gasteiger partial charge in [0.05, 0.1) is 12.1 Å². The zero-order valence-electron chi connectivity index (χ0n) is 19.8. The van der Waals surface area contributed by atoms with Gasteiger partial charge >= 0.3 is 12.0 Å². The fraction of sp³-hybridized carbons (Fsp3) is 0.852. The number of carbonyl (C=O) groups excluding carboxylic acids is 2. The number of urea groups is 1. The summed E-state index contributed by atoms with van der Waals surface area (Å²) in [6.07, 6.45) is 19.6. The van der Waals surface area contributed by atoms with E-state index in [1.807, 2.05) is 4.90 Å². The van der Waals surface area contributed by atoms with Crippen LogP contribution in [0.2, 0.25) is 0 Å². The number of rotatable bonds is 4. The van der Waals surface area contributed by atoms with E-state index in [1.54, 1.807) is 0 Å². The molecule has 3 aliphatic carbocycles. The highest BCUT2D eigenvalue weighted by atomic mass is 16.6. The Hall–Kier alpha value is -1.52. The van der Waals surface area contributed by atoms with E-state index < -0.39 is 0 Å². The Morgan fingerprint density at radius 3 is 2.03 bits per heavy atom. The molecule has 3 saturated carbocycles. The minimum atomic E-state index is -0.363. The number of ether oxygens (including phenoxy) is 1. The van der Waals surface area contributed by atoms with Crippen LogP contribution in [0.5, 0.6) is 0 Å². The van der Waals surface area contributed by atoms with Gasteiger partial charge < -0.3 is 15.0 Å². The van der Waals surface area contributed by atoms with Gasteiger partial charge in [0, 0.05) is 24.9 Å². The first-order valence-electron chi connectivity index (χ1n) is 13.7. The van der Waals surface area contributed by atoms with Crippen LogP contribution in [0.1, 0.15) is 103 Å². The maximum atomic E-state index is 13.2. The van der Waals surface area contributed by atoms with Crippen molar-refractivity contribution in [3.63, 3.8) is 0 Å². The van der Waals surface area contributed by atoms with E-state index in [0.717, 1.165) is 18.5 Å². The molecule has 178 valence electrons. The normalized spacial score (nSPS) is 27.9. The van der Waals surface area contributed by atoms with Gasteiger partial charge in [-0.25, -0.2) is 9.59 Å². The fourth-order valence-electron chi connectivity index (χ4n) is 7.62. The Balaban J connectivity index is 1.33. The molecule has 0 saturated heterocycles. The largest absolute Gasteiger partial charge is 0.450 e. The molecular formula is C27H42N2O3. The van der Waals surface area contributed by atoms with Crippen LogP contribution in [0, 0.1) is 17.8 Å². The van der Waals surface area contributed by atoms with Crippen LogP contribution in [0.3, 0.4) is 0 Å². The molecule has 0 atom stereocenters. The van der Waals surface area contributed by atoms with Crippen molar-refractivity contribution in [2.45, 2.75) is 108 Å². The summed E-state index contributed by atoms with van der Waals surface area (Å²) in [6, 6.07) is 0.00255. The number of nitrogens with zero attached hydrogens (tertiary/aromatic N) is 1. The van der Waals surface area contributed by atoms with Crippen molar-refractivity contribution >= 4 is 12.0 Å². The first kappa shape index (κ1) is 22.3. The molecule has 5 aliphatic rings. The Bertz CT molecular complexity index is 709. The van der Waals surface area contributed by atoms with Crippen LogP contribution in [-0.4, -0.2) is 42.1 Å². The van der Waals surface area contributed by atoms with E-state index in [4.69, 9.17) is 4.74 Å². The Labute approximate surface area is 193 Å². The molecule has 0 aromatic carbocycles. The monoisotopic (exact) mass is 442 g/mol. The van der Waals surface area contributed by atoms with Crippen LogP contribution in [0.15, 0.2) is 11.1 Å². The molecule has 0 aromatic heterocycles. The lowest BCUT2D eigenvalue weighted by molar-refractivity contribution is -0.161. The molecule has 5 heteroatoms. The zero-order chi connectivity index (χ0) is 22.0. The van der Waals surface area contributed by atoms with Gasteiger partial charge in [0.2, 0.25) is 0 Å². The Kier molecular flexibility index (Phi) is 6.80. The van der Waals surface area contributed by atoms with Crippen molar-refractivity contribution < 1.29 is 14.3 Å². The lowest BCUT2D eigenvalue weighted by Crippen LogP contribution is -2.51. The summed E-state index contributed by atoms with van der Waals surface area (Å²) >= 11 is 0. The van der Waals surface area contributed by atoms with Crippen LogP contribution in [0.25, 0.3) is 0 Å². The molecule has 0 unspecified atom stereocenters. The number of esters is 1. The summed E-state index contributed by atoms with van der Waals surface area (Å²) in [4.78, 5) is 28.0. The number of hydrogen-bond donors (Lipinski definition) is 1. The minimum Gasteiger partial charge on any atom is -0.450 e. The molecule has 32 heavy (non-hydrogen) atoms. The van der Waals surface area contributed by atoms with Crippen molar-refractivity contribution in [1.82, 2.24) is 10.2 Å². The molecule has 5 rings (SSSR count). The Morgan fingerprint density at radius 2 is 1.44 bits per heavy atom. The average molecular weight is 443 g/mol. The topological polar surface area (TPSA) is 58.6 Å². The van der Waals surface area contributed by atoms with E-state index in [-0.39, 0.29) is 17.6 Å². The maximum absolute atomic E-state index is 13.2. The van der Waals surface area contributed by atoms with Gasteiger partial charge in [-0.15, -0.1) is 0 Å². The summed E-state index contributed by atoms with van der Waals surface area (Å²) in [5, 5.41) is 3.18. The van der Waals surface area contributed by atoms with E-state index in [1.165, 1.54) is 102 Å². The second kappa shape index (κ2) is 9.77. The highest BCUT2D eigenvalue weighted by Gasteiger charge is 2.57. The second-order valence-corrected chi connectivity index (χ2v) is 11.2. The van der Waals surface area contributed by atoms with Gasteiger partial charge in [-0.3, -0.25) is 0 Å². The summed E-state index contributed by atoms with van der Waals surface area (Å²) < 4.78 is 6.49. The molecule has 0 radical (unpaired) electrons. The second-order valence-electron chi connectivity index (χ2n) is 11.2. The molecule has 0 aromatic rings. The fourth-order valence-corrected chi connectivity index (χ4v) is 7.62. The molecule has 2 heterocycles. The minimum absolute atomic E-state index is 0.00255. The summed E-state index contributed by atoms with van der Waals surface area (Å²) in [7, 11) is 0. The molecule has 3 fully saturated rings. The quantitative estimate of drug-likeness (QED) is 0.565. The molecule has 0 spiro atoms. The first-order chi connectivity index (χ1) is 15.7. The van der Waals surface area contributed by atoms with Gasteiger partial charge in [0.25, 0.3) is 0 Å². The van der Waals surface area contributed by atoms with Gasteiger partial charge in [-0.2, -0.15) is 0 Å². The number of carbonyl (C=O) groups is 2. The van der Waals surface area contributed by atoms with Crippen molar-refractivity contribution in [3.05, 3.63) is 11.1 Å². The van der Waals surface area contributed by atoms with Crippen molar-refractivity contribution in [3.8, 4) is 0 Å².